The van der Waals surface area contributed by atoms with Crippen LogP contribution in [0.4, 0.5) is 5.69 Å². The van der Waals surface area contributed by atoms with Crippen molar-refractivity contribution in [2.24, 2.45) is 11.7 Å². The van der Waals surface area contributed by atoms with Crippen LogP contribution in [0.1, 0.15) is 46.4 Å². The van der Waals surface area contributed by atoms with Crippen LogP contribution in [-0.4, -0.2) is 54.2 Å². The van der Waals surface area contributed by atoms with Crippen LogP contribution in [0.3, 0.4) is 0 Å². The molecule has 0 radical (unpaired) electrons. The zero-order valence-electron chi connectivity index (χ0n) is 15.3. The number of carbonyl (C=O) groups is 4. The van der Waals surface area contributed by atoms with Crippen LogP contribution in [0, 0.1) is 5.92 Å². The zero-order valence-corrected chi connectivity index (χ0v) is 16.2. The van der Waals surface area contributed by atoms with E-state index in [9.17, 15) is 19.2 Å². The summed E-state index contributed by atoms with van der Waals surface area (Å²) in [5.74, 6) is -1.56. The minimum absolute atomic E-state index is 0. The molecule has 28 heavy (non-hydrogen) atoms. The Labute approximate surface area is 168 Å². The fourth-order valence-electron chi connectivity index (χ4n) is 4.24. The lowest BCUT2D eigenvalue weighted by molar-refractivity contribution is -0.136. The number of anilines is 1. The van der Waals surface area contributed by atoms with Gasteiger partial charge < -0.3 is 10.6 Å². The zero-order chi connectivity index (χ0) is 19.1. The highest BCUT2D eigenvalue weighted by Gasteiger charge is 2.46. The van der Waals surface area contributed by atoms with Crippen molar-refractivity contribution in [1.29, 1.82) is 0 Å². The number of fused-ring (bicyclic) bond motifs is 1. The number of halogens is 1. The highest BCUT2D eigenvalue weighted by Crippen LogP contribution is 2.35. The molecule has 3 aliphatic rings. The van der Waals surface area contributed by atoms with Gasteiger partial charge in [0.15, 0.2) is 0 Å². The van der Waals surface area contributed by atoms with Crippen LogP contribution in [0.2, 0.25) is 0 Å². The molecule has 4 rings (SSSR count). The SMILES string of the molecule is Cl.NCC1CCCN(c2cccc3c2C(=O)N(C2CCC(=O)NC2=O)C3=O)C1. The van der Waals surface area contributed by atoms with Crippen LogP contribution >= 0.6 is 12.4 Å². The Bertz CT molecular complexity index is 843. The molecule has 2 saturated heterocycles. The Hall–Kier alpha value is -2.45. The molecule has 0 saturated carbocycles. The van der Waals surface area contributed by atoms with E-state index in [0.29, 0.717) is 23.6 Å². The normalized spacial score (nSPS) is 24.8. The van der Waals surface area contributed by atoms with E-state index < -0.39 is 23.8 Å². The van der Waals surface area contributed by atoms with E-state index in [1.807, 2.05) is 6.07 Å². The molecule has 2 fully saturated rings. The summed E-state index contributed by atoms with van der Waals surface area (Å²) in [5.41, 5.74) is 7.21. The third kappa shape index (κ3) is 3.27. The molecule has 0 aromatic heterocycles. The molecule has 4 amide bonds. The Morgan fingerprint density at radius 1 is 1.11 bits per heavy atom. The number of benzene rings is 1. The van der Waals surface area contributed by atoms with Gasteiger partial charge in [-0.2, -0.15) is 0 Å². The molecule has 3 N–H and O–H groups in total. The summed E-state index contributed by atoms with van der Waals surface area (Å²) in [7, 11) is 0. The van der Waals surface area contributed by atoms with Gasteiger partial charge in [-0.05, 0) is 43.9 Å². The Balaban J connectivity index is 0.00000225. The monoisotopic (exact) mass is 406 g/mol. The van der Waals surface area contributed by atoms with Crippen molar-refractivity contribution >= 4 is 41.7 Å². The summed E-state index contributed by atoms with van der Waals surface area (Å²) in [5, 5.41) is 2.22. The molecular weight excluding hydrogens is 384 g/mol. The minimum atomic E-state index is -0.943. The van der Waals surface area contributed by atoms with Crippen molar-refractivity contribution < 1.29 is 19.2 Å². The van der Waals surface area contributed by atoms with E-state index in [1.54, 1.807) is 12.1 Å². The van der Waals surface area contributed by atoms with Crippen LogP contribution in [0.15, 0.2) is 18.2 Å². The summed E-state index contributed by atoms with van der Waals surface area (Å²) in [4.78, 5) is 52.7. The molecule has 0 spiro atoms. The maximum Gasteiger partial charge on any atom is 0.264 e. The number of nitrogens with two attached hydrogens (primary N) is 1. The fourth-order valence-corrected chi connectivity index (χ4v) is 4.24. The van der Waals surface area contributed by atoms with E-state index in [2.05, 4.69) is 10.2 Å². The number of nitrogens with one attached hydrogen (secondary N) is 1. The van der Waals surface area contributed by atoms with E-state index in [1.165, 1.54) is 0 Å². The molecule has 2 atom stereocenters. The van der Waals surface area contributed by atoms with Crippen LogP contribution in [-0.2, 0) is 9.59 Å². The highest BCUT2D eigenvalue weighted by atomic mass is 35.5. The van der Waals surface area contributed by atoms with Crippen molar-refractivity contribution in [3.63, 3.8) is 0 Å². The molecule has 3 heterocycles. The minimum Gasteiger partial charge on any atom is -0.371 e. The summed E-state index contributed by atoms with van der Waals surface area (Å²) in [6, 6.07) is 4.28. The Morgan fingerprint density at radius 3 is 2.61 bits per heavy atom. The van der Waals surface area contributed by atoms with Crippen molar-refractivity contribution in [3.8, 4) is 0 Å². The van der Waals surface area contributed by atoms with E-state index in [4.69, 9.17) is 5.73 Å². The second-order valence-corrected chi connectivity index (χ2v) is 7.34. The van der Waals surface area contributed by atoms with Gasteiger partial charge in [-0.3, -0.25) is 29.4 Å². The molecule has 8 nitrogen and oxygen atoms in total. The van der Waals surface area contributed by atoms with Crippen molar-refractivity contribution in [1.82, 2.24) is 10.2 Å². The van der Waals surface area contributed by atoms with Gasteiger partial charge in [0.1, 0.15) is 6.04 Å². The first-order valence-corrected chi connectivity index (χ1v) is 9.31. The number of hydrogen-bond acceptors (Lipinski definition) is 6. The molecule has 0 bridgehead atoms. The molecule has 1 aromatic carbocycles. The number of rotatable bonds is 3. The van der Waals surface area contributed by atoms with Gasteiger partial charge in [0.25, 0.3) is 11.8 Å². The average Bonchev–Trinajstić information content (AvgIpc) is 2.93. The first-order chi connectivity index (χ1) is 13.0. The predicted molar refractivity (Wildman–Crippen MR) is 104 cm³/mol. The van der Waals surface area contributed by atoms with Gasteiger partial charge in [0, 0.05) is 19.5 Å². The lowest BCUT2D eigenvalue weighted by Gasteiger charge is -2.34. The lowest BCUT2D eigenvalue weighted by Crippen LogP contribution is -2.54. The smallest absolute Gasteiger partial charge is 0.264 e. The average molecular weight is 407 g/mol. The number of amides is 4. The van der Waals surface area contributed by atoms with Crippen LogP contribution in [0.5, 0.6) is 0 Å². The van der Waals surface area contributed by atoms with Crippen LogP contribution < -0.4 is 16.0 Å². The van der Waals surface area contributed by atoms with Crippen molar-refractivity contribution in [2.75, 3.05) is 24.5 Å². The van der Waals surface area contributed by atoms with Gasteiger partial charge in [0.05, 0.1) is 16.8 Å². The number of imide groups is 2. The fraction of sp³-hybridized carbons (Fsp3) is 0.474. The van der Waals surface area contributed by atoms with E-state index in [0.717, 1.165) is 36.5 Å². The number of piperidine rings is 2. The highest BCUT2D eigenvalue weighted by molar-refractivity contribution is 6.25. The van der Waals surface area contributed by atoms with Gasteiger partial charge in [-0.25, -0.2) is 0 Å². The molecule has 1 aromatic rings. The van der Waals surface area contributed by atoms with Gasteiger partial charge >= 0.3 is 0 Å². The molecule has 0 aliphatic carbocycles. The van der Waals surface area contributed by atoms with Crippen molar-refractivity contribution in [3.05, 3.63) is 29.3 Å². The third-order valence-electron chi connectivity index (χ3n) is 5.64. The second kappa shape index (κ2) is 7.89. The van der Waals surface area contributed by atoms with E-state index >= 15 is 0 Å². The second-order valence-electron chi connectivity index (χ2n) is 7.34. The van der Waals surface area contributed by atoms with E-state index in [-0.39, 0.29) is 31.2 Å². The topological polar surface area (TPSA) is 113 Å². The van der Waals surface area contributed by atoms with Gasteiger partial charge in [0.2, 0.25) is 11.8 Å². The molecule has 2 unspecified atom stereocenters. The molecule has 9 heteroatoms. The molecule has 150 valence electrons. The van der Waals surface area contributed by atoms with Crippen LogP contribution in [0.25, 0.3) is 0 Å². The summed E-state index contributed by atoms with van der Waals surface area (Å²) in [6.45, 7) is 2.13. The van der Waals surface area contributed by atoms with Gasteiger partial charge in [-0.15, -0.1) is 12.4 Å². The maximum atomic E-state index is 13.1. The summed E-state index contributed by atoms with van der Waals surface area (Å²) in [6.07, 6.45) is 2.30. The lowest BCUT2D eigenvalue weighted by atomic mass is 9.96. The number of carbonyl (C=O) groups excluding carboxylic acids is 4. The van der Waals surface area contributed by atoms with Crippen molar-refractivity contribution in [2.45, 2.75) is 31.7 Å². The first kappa shape index (κ1) is 20.3. The summed E-state index contributed by atoms with van der Waals surface area (Å²) >= 11 is 0. The Kier molecular flexibility index (Phi) is 5.71. The first-order valence-electron chi connectivity index (χ1n) is 9.31. The number of nitrogens with zero attached hydrogens (tertiary/aromatic N) is 2. The summed E-state index contributed by atoms with van der Waals surface area (Å²) < 4.78 is 0. The predicted octanol–water partition coefficient (Wildman–Crippen LogP) is 0.685. The Morgan fingerprint density at radius 2 is 1.89 bits per heavy atom. The van der Waals surface area contributed by atoms with Gasteiger partial charge in [-0.1, -0.05) is 6.07 Å². The standard InChI is InChI=1S/C19H22N4O4.ClH/c20-9-11-3-2-8-22(10-11)13-5-1-4-12-16(13)19(27)23(18(12)26)14-6-7-15(24)21-17(14)25;/h1,4-5,11,14H,2-3,6-10,20H2,(H,21,24,25);1H. The maximum absolute atomic E-state index is 13.1. The largest absolute Gasteiger partial charge is 0.371 e. The quantitative estimate of drug-likeness (QED) is 0.714. The molecule has 3 aliphatic heterocycles. The third-order valence-corrected chi connectivity index (χ3v) is 5.64. The number of hydrogen-bond donors (Lipinski definition) is 2. The molecular formula is C19H23ClN4O4.